The van der Waals surface area contributed by atoms with Crippen LogP contribution in [0, 0.1) is 5.92 Å². The molecule has 1 N–H and O–H groups in total. The molecule has 6 heteroatoms. The number of para-hydroxylation sites is 1. The van der Waals surface area contributed by atoms with E-state index in [1.54, 1.807) is 17.7 Å². The molecule has 2 aromatic carbocycles. The second-order valence-corrected chi connectivity index (χ2v) is 7.90. The molecule has 6 nitrogen and oxygen atoms in total. The van der Waals surface area contributed by atoms with E-state index in [9.17, 15) is 4.79 Å². The molecule has 0 spiro atoms. The molecule has 4 rings (SSSR count). The van der Waals surface area contributed by atoms with Crippen molar-refractivity contribution in [1.29, 1.82) is 0 Å². The Hall–Kier alpha value is -3.67. The first kappa shape index (κ1) is 20.6. The molecule has 158 valence electrons. The highest BCUT2D eigenvalue weighted by molar-refractivity contribution is 5.94. The molecule has 0 bridgehead atoms. The predicted octanol–water partition coefficient (Wildman–Crippen LogP) is 4.85. The maximum atomic E-state index is 13.2. The molecule has 0 aliphatic rings. The van der Waals surface area contributed by atoms with Gasteiger partial charge in [0.05, 0.1) is 18.5 Å². The van der Waals surface area contributed by atoms with Gasteiger partial charge in [-0.25, -0.2) is 9.50 Å². The van der Waals surface area contributed by atoms with E-state index in [-0.39, 0.29) is 11.9 Å². The van der Waals surface area contributed by atoms with Crippen molar-refractivity contribution in [3.8, 4) is 28.3 Å². The monoisotopic (exact) mass is 414 g/mol. The molecule has 0 aliphatic heterocycles. The van der Waals surface area contributed by atoms with Gasteiger partial charge in [0.1, 0.15) is 11.4 Å². The van der Waals surface area contributed by atoms with Gasteiger partial charge in [0.15, 0.2) is 5.65 Å². The van der Waals surface area contributed by atoms with E-state index in [2.05, 4.69) is 19.2 Å². The third kappa shape index (κ3) is 4.14. The summed E-state index contributed by atoms with van der Waals surface area (Å²) in [7, 11) is 1.63. The van der Waals surface area contributed by atoms with Crippen molar-refractivity contribution in [2.45, 2.75) is 26.8 Å². The topological polar surface area (TPSA) is 68.5 Å². The van der Waals surface area contributed by atoms with Crippen LogP contribution >= 0.6 is 0 Å². The molecule has 2 heterocycles. The largest absolute Gasteiger partial charge is 0.496 e. The van der Waals surface area contributed by atoms with Crippen molar-refractivity contribution in [3.63, 3.8) is 0 Å². The van der Waals surface area contributed by atoms with E-state index in [0.29, 0.717) is 28.7 Å². The molecule has 1 atom stereocenters. The van der Waals surface area contributed by atoms with Crippen LogP contribution in [-0.4, -0.2) is 33.7 Å². The number of hydrogen-bond acceptors (Lipinski definition) is 4. The quantitative estimate of drug-likeness (QED) is 0.490. The molecule has 2 aromatic heterocycles. The molecule has 0 radical (unpaired) electrons. The van der Waals surface area contributed by atoms with Gasteiger partial charge in [0.25, 0.3) is 5.91 Å². The van der Waals surface area contributed by atoms with Crippen LogP contribution < -0.4 is 10.1 Å². The fourth-order valence-corrected chi connectivity index (χ4v) is 3.33. The van der Waals surface area contributed by atoms with Gasteiger partial charge in [-0.3, -0.25) is 4.79 Å². The summed E-state index contributed by atoms with van der Waals surface area (Å²) in [5, 5.41) is 7.78. The molecule has 0 fully saturated rings. The zero-order chi connectivity index (χ0) is 22.0. The number of amides is 1. The zero-order valence-corrected chi connectivity index (χ0v) is 18.2. The Bertz CT molecular complexity index is 1210. The Morgan fingerprint density at radius 2 is 1.68 bits per heavy atom. The Kier molecular flexibility index (Phi) is 5.71. The highest BCUT2D eigenvalue weighted by Gasteiger charge is 2.20. The first-order valence-corrected chi connectivity index (χ1v) is 10.4. The third-order valence-corrected chi connectivity index (χ3v) is 5.47. The minimum Gasteiger partial charge on any atom is -0.496 e. The second kappa shape index (κ2) is 8.60. The van der Waals surface area contributed by atoms with Gasteiger partial charge >= 0.3 is 0 Å². The van der Waals surface area contributed by atoms with Crippen LogP contribution in [0.1, 0.15) is 31.3 Å². The zero-order valence-electron chi connectivity index (χ0n) is 18.2. The molecular weight excluding hydrogens is 388 g/mol. The molecule has 0 aliphatic carbocycles. The maximum absolute atomic E-state index is 13.2. The fraction of sp³-hybridized carbons (Fsp3) is 0.240. The molecule has 0 saturated carbocycles. The van der Waals surface area contributed by atoms with Crippen molar-refractivity contribution in [3.05, 3.63) is 72.4 Å². The highest BCUT2D eigenvalue weighted by atomic mass is 16.5. The number of rotatable bonds is 6. The van der Waals surface area contributed by atoms with E-state index in [1.165, 1.54) is 0 Å². The number of hydrogen-bond donors (Lipinski definition) is 1. The van der Waals surface area contributed by atoms with Gasteiger partial charge in [0, 0.05) is 23.2 Å². The van der Waals surface area contributed by atoms with Crippen LogP contribution in [0.5, 0.6) is 5.75 Å². The number of nitrogens with one attached hydrogen (secondary N) is 1. The number of methoxy groups -OCH3 is 1. The van der Waals surface area contributed by atoms with Crippen molar-refractivity contribution < 1.29 is 9.53 Å². The molecular formula is C25H26N4O2. The average Bonchev–Trinajstić information content (AvgIpc) is 3.23. The number of fused-ring (bicyclic) bond motifs is 1. The fourth-order valence-electron chi connectivity index (χ4n) is 3.33. The van der Waals surface area contributed by atoms with Crippen molar-refractivity contribution in [2.24, 2.45) is 5.92 Å². The summed E-state index contributed by atoms with van der Waals surface area (Å²) in [4.78, 5) is 18.0. The number of aromatic nitrogens is 3. The Balaban J connectivity index is 1.89. The van der Waals surface area contributed by atoms with E-state index >= 15 is 0 Å². The van der Waals surface area contributed by atoms with Crippen LogP contribution in [0.2, 0.25) is 0 Å². The normalized spacial score (nSPS) is 12.2. The van der Waals surface area contributed by atoms with Crippen molar-refractivity contribution >= 4 is 11.6 Å². The van der Waals surface area contributed by atoms with Crippen LogP contribution in [0.15, 0.2) is 66.7 Å². The number of carbonyl (C=O) groups excluding carboxylic acids is 1. The Morgan fingerprint density at radius 1 is 0.968 bits per heavy atom. The van der Waals surface area contributed by atoms with Crippen LogP contribution in [0.3, 0.4) is 0 Å². The second-order valence-electron chi connectivity index (χ2n) is 7.90. The highest BCUT2D eigenvalue weighted by Crippen LogP contribution is 2.30. The molecule has 1 amide bonds. The Labute approximate surface area is 181 Å². The first-order chi connectivity index (χ1) is 15.0. The number of nitrogens with zero attached hydrogens (tertiary/aromatic N) is 3. The lowest BCUT2D eigenvalue weighted by Gasteiger charge is -2.18. The first-order valence-electron chi connectivity index (χ1n) is 10.4. The van der Waals surface area contributed by atoms with Crippen molar-refractivity contribution in [2.75, 3.05) is 7.11 Å². The van der Waals surface area contributed by atoms with Gasteiger partial charge in [-0.05, 0) is 31.0 Å². The lowest BCUT2D eigenvalue weighted by atomic mass is 10.1. The lowest BCUT2D eigenvalue weighted by molar-refractivity contribution is 0.0923. The summed E-state index contributed by atoms with van der Waals surface area (Å²) in [5.41, 5.74) is 4.24. The summed E-state index contributed by atoms with van der Waals surface area (Å²) < 4.78 is 7.13. The van der Waals surface area contributed by atoms with Crippen molar-refractivity contribution in [1.82, 2.24) is 19.9 Å². The van der Waals surface area contributed by atoms with Gasteiger partial charge in [0.2, 0.25) is 0 Å². The van der Waals surface area contributed by atoms with E-state index in [0.717, 1.165) is 16.8 Å². The number of benzene rings is 2. The standard InChI is InChI=1S/C25H26N4O2/c1-16(2)17(3)26-25(30)22-14-21(19-12-8-9-13-23(19)31-4)27-24-15-20(28-29(22)24)18-10-6-5-7-11-18/h5-17H,1-4H3,(H,26,30). The van der Waals surface area contributed by atoms with E-state index in [1.807, 2.05) is 67.6 Å². The molecule has 4 aromatic rings. The lowest BCUT2D eigenvalue weighted by Crippen LogP contribution is -2.37. The van der Waals surface area contributed by atoms with Crippen LogP contribution in [0.4, 0.5) is 0 Å². The van der Waals surface area contributed by atoms with Crippen LogP contribution in [0.25, 0.3) is 28.2 Å². The number of ether oxygens (including phenoxy) is 1. The number of carbonyl (C=O) groups is 1. The molecule has 31 heavy (non-hydrogen) atoms. The van der Waals surface area contributed by atoms with E-state index in [4.69, 9.17) is 14.8 Å². The predicted molar refractivity (Wildman–Crippen MR) is 122 cm³/mol. The Morgan fingerprint density at radius 3 is 2.39 bits per heavy atom. The van der Waals surface area contributed by atoms with E-state index < -0.39 is 0 Å². The average molecular weight is 415 g/mol. The SMILES string of the molecule is COc1ccccc1-c1cc(C(=O)NC(C)C(C)C)n2nc(-c3ccccc3)cc2n1. The van der Waals surface area contributed by atoms with Gasteiger partial charge in [-0.2, -0.15) is 5.10 Å². The minimum atomic E-state index is -0.188. The summed E-state index contributed by atoms with van der Waals surface area (Å²) in [5.74, 6) is 0.823. The van der Waals surface area contributed by atoms with Gasteiger partial charge in [-0.1, -0.05) is 56.3 Å². The minimum absolute atomic E-state index is 0.0228. The smallest absolute Gasteiger partial charge is 0.270 e. The van der Waals surface area contributed by atoms with Gasteiger partial charge in [-0.15, -0.1) is 0 Å². The van der Waals surface area contributed by atoms with Crippen LogP contribution in [-0.2, 0) is 0 Å². The third-order valence-electron chi connectivity index (χ3n) is 5.47. The maximum Gasteiger partial charge on any atom is 0.270 e. The summed E-state index contributed by atoms with van der Waals surface area (Å²) in [6.45, 7) is 6.16. The summed E-state index contributed by atoms with van der Waals surface area (Å²) in [6.07, 6.45) is 0. The molecule has 0 saturated heterocycles. The summed E-state index contributed by atoms with van der Waals surface area (Å²) in [6, 6.07) is 21.2. The molecule has 1 unspecified atom stereocenters. The summed E-state index contributed by atoms with van der Waals surface area (Å²) >= 11 is 0. The van der Waals surface area contributed by atoms with Gasteiger partial charge < -0.3 is 10.1 Å².